The Morgan fingerprint density at radius 2 is 1.69 bits per heavy atom. The highest BCUT2D eigenvalue weighted by atomic mass is 16.5. The molecule has 0 saturated heterocycles. The average Bonchev–Trinajstić information content (AvgIpc) is 2.61. The monoisotopic (exact) mass is 356 g/mol. The van der Waals surface area contributed by atoms with Gasteiger partial charge < -0.3 is 20.1 Å². The van der Waals surface area contributed by atoms with Crippen LogP contribution in [0.1, 0.15) is 22.3 Å². The quantitative estimate of drug-likeness (QED) is 0.613. The van der Waals surface area contributed by atoms with E-state index in [4.69, 9.17) is 4.74 Å². The second-order valence-electron chi connectivity index (χ2n) is 5.55. The number of anilines is 2. The van der Waals surface area contributed by atoms with Gasteiger partial charge in [-0.3, -0.25) is 9.59 Å². The molecule has 0 aliphatic carbocycles. The molecule has 2 aromatic rings. The topological polar surface area (TPSA) is 93.7 Å². The van der Waals surface area contributed by atoms with E-state index in [2.05, 4.69) is 15.4 Å². The normalized spacial score (nSPS) is 9.96. The van der Waals surface area contributed by atoms with Crippen LogP contribution in [0.2, 0.25) is 0 Å². The molecule has 136 valence electrons. The van der Waals surface area contributed by atoms with Crippen molar-refractivity contribution in [2.24, 2.45) is 0 Å². The van der Waals surface area contributed by atoms with Crippen molar-refractivity contribution in [1.29, 1.82) is 0 Å². The molecule has 0 unspecified atom stereocenters. The van der Waals surface area contributed by atoms with Crippen LogP contribution in [0.5, 0.6) is 5.75 Å². The maximum absolute atomic E-state index is 12.1. The Labute approximate surface area is 151 Å². The number of methoxy groups -OCH3 is 2. The SMILES string of the molecule is COC(=O)c1cccc(NC(=O)CC(=O)Nc2cc(C)ccc2OC)c1. The highest BCUT2D eigenvalue weighted by Crippen LogP contribution is 2.25. The van der Waals surface area contributed by atoms with Crippen molar-refractivity contribution in [2.45, 2.75) is 13.3 Å². The minimum Gasteiger partial charge on any atom is -0.495 e. The molecule has 0 heterocycles. The molecule has 0 aliphatic rings. The zero-order valence-electron chi connectivity index (χ0n) is 14.8. The van der Waals surface area contributed by atoms with Gasteiger partial charge in [-0.25, -0.2) is 4.79 Å². The fourth-order valence-electron chi connectivity index (χ4n) is 2.31. The van der Waals surface area contributed by atoms with Crippen LogP contribution in [0, 0.1) is 6.92 Å². The summed E-state index contributed by atoms with van der Waals surface area (Å²) in [4.78, 5) is 35.7. The molecule has 7 heteroatoms. The van der Waals surface area contributed by atoms with Crippen molar-refractivity contribution in [1.82, 2.24) is 0 Å². The summed E-state index contributed by atoms with van der Waals surface area (Å²) in [5.74, 6) is -0.979. The number of esters is 1. The molecule has 0 atom stereocenters. The van der Waals surface area contributed by atoms with Crippen molar-refractivity contribution in [3.8, 4) is 5.75 Å². The van der Waals surface area contributed by atoms with E-state index in [0.29, 0.717) is 22.7 Å². The highest BCUT2D eigenvalue weighted by Gasteiger charge is 2.13. The van der Waals surface area contributed by atoms with Gasteiger partial charge in [0, 0.05) is 5.69 Å². The minimum absolute atomic E-state index is 0.305. The van der Waals surface area contributed by atoms with E-state index in [1.807, 2.05) is 13.0 Å². The Morgan fingerprint density at radius 3 is 2.38 bits per heavy atom. The number of amides is 2. The Bertz CT molecular complexity index is 832. The molecule has 2 amide bonds. The van der Waals surface area contributed by atoms with Gasteiger partial charge in [-0.1, -0.05) is 12.1 Å². The van der Waals surface area contributed by atoms with Crippen LogP contribution in [-0.4, -0.2) is 32.0 Å². The molecule has 26 heavy (non-hydrogen) atoms. The number of benzene rings is 2. The number of aryl methyl sites for hydroxylation is 1. The minimum atomic E-state index is -0.509. The highest BCUT2D eigenvalue weighted by molar-refractivity contribution is 6.08. The van der Waals surface area contributed by atoms with E-state index in [-0.39, 0.29) is 6.42 Å². The Morgan fingerprint density at radius 1 is 0.962 bits per heavy atom. The van der Waals surface area contributed by atoms with E-state index >= 15 is 0 Å². The van der Waals surface area contributed by atoms with E-state index in [1.165, 1.54) is 20.3 Å². The first kappa shape index (κ1) is 19.0. The predicted octanol–water partition coefficient (Wildman–Crippen LogP) is 2.76. The number of hydrogen-bond donors (Lipinski definition) is 2. The van der Waals surface area contributed by atoms with Crippen LogP contribution in [0.3, 0.4) is 0 Å². The van der Waals surface area contributed by atoms with Crippen LogP contribution >= 0.6 is 0 Å². The van der Waals surface area contributed by atoms with Gasteiger partial charge in [0.1, 0.15) is 12.2 Å². The second-order valence-corrected chi connectivity index (χ2v) is 5.55. The number of carbonyl (C=O) groups is 3. The Balaban J connectivity index is 1.99. The van der Waals surface area contributed by atoms with Crippen LogP contribution in [0.25, 0.3) is 0 Å². The summed E-state index contributed by atoms with van der Waals surface area (Å²) in [5, 5.41) is 5.24. The van der Waals surface area contributed by atoms with Crippen molar-refractivity contribution in [2.75, 3.05) is 24.9 Å². The lowest BCUT2D eigenvalue weighted by molar-refractivity contribution is -0.123. The first-order valence-corrected chi connectivity index (χ1v) is 7.85. The molecule has 2 N–H and O–H groups in total. The smallest absolute Gasteiger partial charge is 0.337 e. The molecule has 0 fully saturated rings. The van der Waals surface area contributed by atoms with Gasteiger partial charge in [0.15, 0.2) is 0 Å². The first-order valence-electron chi connectivity index (χ1n) is 7.85. The maximum atomic E-state index is 12.1. The second kappa shape index (κ2) is 8.66. The van der Waals surface area contributed by atoms with Gasteiger partial charge in [0.05, 0.1) is 25.5 Å². The summed E-state index contributed by atoms with van der Waals surface area (Å²) < 4.78 is 9.82. The lowest BCUT2D eigenvalue weighted by Crippen LogP contribution is -2.21. The van der Waals surface area contributed by atoms with Crippen LogP contribution in [-0.2, 0) is 14.3 Å². The zero-order valence-corrected chi connectivity index (χ0v) is 14.8. The molecule has 0 aliphatic heterocycles. The summed E-state index contributed by atoms with van der Waals surface area (Å²) >= 11 is 0. The number of hydrogen-bond acceptors (Lipinski definition) is 5. The van der Waals surface area contributed by atoms with Crippen molar-refractivity contribution in [3.05, 3.63) is 53.6 Å². The van der Waals surface area contributed by atoms with Crippen molar-refractivity contribution in [3.63, 3.8) is 0 Å². The van der Waals surface area contributed by atoms with Crippen molar-refractivity contribution >= 4 is 29.2 Å². The molecule has 0 radical (unpaired) electrons. The van der Waals surface area contributed by atoms with Crippen LogP contribution < -0.4 is 15.4 Å². The molecule has 0 spiro atoms. The summed E-state index contributed by atoms with van der Waals surface area (Å²) in [6.07, 6.45) is -0.375. The number of nitrogens with one attached hydrogen (secondary N) is 2. The van der Waals surface area contributed by atoms with Gasteiger partial charge in [-0.15, -0.1) is 0 Å². The van der Waals surface area contributed by atoms with Gasteiger partial charge in [-0.05, 0) is 42.8 Å². The molecule has 7 nitrogen and oxygen atoms in total. The van der Waals surface area contributed by atoms with E-state index in [9.17, 15) is 14.4 Å². The Kier molecular flexibility index (Phi) is 6.32. The molecule has 2 aromatic carbocycles. The van der Waals surface area contributed by atoms with Gasteiger partial charge in [0.2, 0.25) is 11.8 Å². The molecule has 0 saturated carbocycles. The molecular weight excluding hydrogens is 336 g/mol. The van der Waals surface area contributed by atoms with E-state index in [1.54, 1.807) is 30.3 Å². The summed E-state index contributed by atoms with van der Waals surface area (Å²) in [6.45, 7) is 1.89. The third-order valence-electron chi connectivity index (χ3n) is 3.52. The standard InChI is InChI=1S/C19H20N2O5/c1-12-7-8-16(25-2)15(9-12)21-18(23)11-17(22)20-14-6-4-5-13(10-14)19(24)26-3/h4-10H,11H2,1-3H3,(H,20,22)(H,21,23). The van der Waals surface area contributed by atoms with Gasteiger partial charge in [-0.2, -0.15) is 0 Å². The fraction of sp³-hybridized carbons (Fsp3) is 0.211. The third-order valence-corrected chi connectivity index (χ3v) is 3.52. The number of ether oxygens (including phenoxy) is 2. The number of carbonyl (C=O) groups excluding carboxylic acids is 3. The third kappa shape index (κ3) is 5.07. The predicted molar refractivity (Wildman–Crippen MR) is 97.4 cm³/mol. The fourth-order valence-corrected chi connectivity index (χ4v) is 2.31. The molecule has 0 aromatic heterocycles. The molecular formula is C19H20N2O5. The lowest BCUT2D eigenvalue weighted by atomic mass is 10.2. The largest absolute Gasteiger partial charge is 0.495 e. The number of rotatable bonds is 6. The Hall–Kier alpha value is -3.35. The molecule has 2 rings (SSSR count). The summed E-state index contributed by atoms with van der Waals surface area (Å²) in [6, 6.07) is 11.6. The van der Waals surface area contributed by atoms with Crippen molar-refractivity contribution < 1.29 is 23.9 Å². The van der Waals surface area contributed by atoms with Crippen LogP contribution in [0.15, 0.2) is 42.5 Å². The maximum Gasteiger partial charge on any atom is 0.337 e. The lowest BCUT2D eigenvalue weighted by Gasteiger charge is -2.11. The zero-order chi connectivity index (χ0) is 19.1. The van der Waals surface area contributed by atoms with Gasteiger partial charge in [0.25, 0.3) is 0 Å². The van der Waals surface area contributed by atoms with E-state index < -0.39 is 17.8 Å². The summed E-state index contributed by atoms with van der Waals surface area (Å²) in [7, 11) is 2.78. The van der Waals surface area contributed by atoms with E-state index in [0.717, 1.165) is 5.56 Å². The molecule has 0 bridgehead atoms. The average molecular weight is 356 g/mol. The summed E-state index contributed by atoms with van der Waals surface area (Å²) in [5.41, 5.74) is 2.15. The first-order chi connectivity index (χ1) is 12.4. The van der Waals surface area contributed by atoms with Crippen LogP contribution in [0.4, 0.5) is 11.4 Å². The van der Waals surface area contributed by atoms with Gasteiger partial charge >= 0.3 is 5.97 Å².